The van der Waals surface area contributed by atoms with Crippen LogP contribution in [0.4, 0.5) is 0 Å². The van der Waals surface area contributed by atoms with E-state index in [1.54, 1.807) is 0 Å². The Morgan fingerprint density at radius 2 is 2.00 bits per heavy atom. The minimum Gasteiger partial charge on any atom is -0.465 e. The maximum absolute atomic E-state index is 12.0. The number of carbonyl (C=O) groups is 1. The highest BCUT2D eigenvalue weighted by Gasteiger charge is 2.34. The second-order valence-electron chi connectivity index (χ2n) is 5.07. The van der Waals surface area contributed by atoms with E-state index >= 15 is 0 Å². The molecule has 0 rings (SSSR count). The molecule has 1 N–H and O–H groups in total. The molecule has 0 aliphatic rings. The maximum Gasteiger partial charge on any atom is 0.326 e. The van der Waals surface area contributed by atoms with Gasteiger partial charge in [0.25, 0.3) is 0 Å². The molecular weight excluding hydrogens is 246 g/mol. The van der Waals surface area contributed by atoms with Gasteiger partial charge in [0.15, 0.2) is 0 Å². The summed E-state index contributed by atoms with van der Waals surface area (Å²) in [5, 5.41) is 3.35. The smallest absolute Gasteiger partial charge is 0.326 e. The zero-order valence-electron chi connectivity index (χ0n) is 12.5. The van der Waals surface area contributed by atoms with Crippen LogP contribution in [0.2, 0.25) is 0 Å². The number of carbonyl (C=O) groups excluding carboxylic acids is 1. The van der Waals surface area contributed by atoms with Crippen LogP contribution < -0.4 is 5.32 Å². The Labute approximate surface area is 116 Å². The maximum atomic E-state index is 12.0. The van der Waals surface area contributed by atoms with Gasteiger partial charge in [0.2, 0.25) is 0 Å². The van der Waals surface area contributed by atoms with Gasteiger partial charge in [-0.3, -0.25) is 10.1 Å². The van der Waals surface area contributed by atoms with E-state index in [9.17, 15) is 4.79 Å². The predicted octanol–water partition coefficient (Wildman–Crippen LogP) is 3.23. The van der Waals surface area contributed by atoms with Crippen LogP contribution in [0.3, 0.4) is 0 Å². The first-order chi connectivity index (χ1) is 8.46. The summed E-state index contributed by atoms with van der Waals surface area (Å²) in [4.78, 5) is 12.0. The molecule has 0 saturated carbocycles. The van der Waals surface area contributed by atoms with Crippen LogP contribution in [0, 0.1) is 0 Å². The first kappa shape index (κ1) is 17.8. The second kappa shape index (κ2) is 9.68. The number of rotatable bonds is 10. The molecule has 0 aromatic heterocycles. The van der Waals surface area contributed by atoms with Crippen molar-refractivity contribution in [1.82, 2.24) is 5.32 Å². The van der Waals surface area contributed by atoms with Crippen LogP contribution in [0.15, 0.2) is 0 Å². The largest absolute Gasteiger partial charge is 0.465 e. The van der Waals surface area contributed by atoms with Crippen molar-refractivity contribution in [2.75, 3.05) is 18.1 Å². The molecule has 0 aromatic carbocycles. The number of hydrogen-bond donors (Lipinski definition) is 1. The van der Waals surface area contributed by atoms with Crippen molar-refractivity contribution in [3.05, 3.63) is 0 Å². The lowest BCUT2D eigenvalue weighted by atomic mass is 9.95. The molecule has 4 heteroatoms. The molecule has 0 spiro atoms. The summed E-state index contributed by atoms with van der Waals surface area (Å²) < 4.78 is 5.18. The van der Waals surface area contributed by atoms with Crippen LogP contribution in [0.25, 0.3) is 0 Å². The highest BCUT2D eigenvalue weighted by molar-refractivity contribution is 7.99. The van der Waals surface area contributed by atoms with E-state index in [-0.39, 0.29) is 12.0 Å². The topological polar surface area (TPSA) is 38.3 Å². The van der Waals surface area contributed by atoms with Gasteiger partial charge < -0.3 is 4.74 Å². The first-order valence-electron chi connectivity index (χ1n) is 6.99. The lowest BCUT2D eigenvalue weighted by Gasteiger charge is -2.30. The average Bonchev–Trinajstić information content (AvgIpc) is 2.28. The Morgan fingerprint density at radius 3 is 2.50 bits per heavy atom. The van der Waals surface area contributed by atoms with E-state index in [1.165, 1.54) is 12.2 Å². The van der Waals surface area contributed by atoms with E-state index < -0.39 is 5.54 Å². The van der Waals surface area contributed by atoms with Gasteiger partial charge in [-0.25, -0.2) is 0 Å². The Kier molecular flexibility index (Phi) is 9.56. The first-order valence-corrected chi connectivity index (χ1v) is 8.14. The van der Waals surface area contributed by atoms with Crippen LogP contribution >= 0.6 is 11.8 Å². The number of thioether (sulfide) groups is 1. The quantitative estimate of drug-likeness (QED) is 0.491. The summed E-state index contributed by atoms with van der Waals surface area (Å²) in [6.45, 7) is 10.6. The fourth-order valence-corrected chi connectivity index (χ4v) is 2.78. The average molecular weight is 275 g/mol. The lowest BCUT2D eigenvalue weighted by Crippen LogP contribution is -2.53. The molecule has 0 aliphatic heterocycles. The normalized spacial score (nSPS) is 14.6. The fourth-order valence-electron chi connectivity index (χ4n) is 1.93. The van der Waals surface area contributed by atoms with Crippen molar-refractivity contribution in [2.45, 2.75) is 65.5 Å². The molecule has 3 nitrogen and oxygen atoms in total. The number of hydrogen-bond acceptors (Lipinski definition) is 4. The van der Waals surface area contributed by atoms with Crippen molar-refractivity contribution < 1.29 is 9.53 Å². The van der Waals surface area contributed by atoms with E-state index in [1.807, 2.05) is 25.6 Å². The molecule has 0 heterocycles. The van der Waals surface area contributed by atoms with Crippen molar-refractivity contribution in [1.29, 1.82) is 0 Å². The molecular formula is C14H29NO2S. The molecule has 0 aliphatic carbocycles. The van der Waals surface area contributed by atoms with Gasteiger partial charge in [0.1, 0.15) is 5.54 Å². The number of nitrogens with one attached hydrogen (secondary N) is 1. The highest BCUT2D eigenvalue weighted by Crippen LogP contribution is 2.18. The summed E-state index contributed by atoms with van der Waals surface area (Å²) >= 11 is 1.96. The molecule has 0 fully saturated rings. The molecule has 0 amide bonds. The van der Waals surface area contributed by atoms with Gasteiger partial charge in [-0.05, 0) is 58.5 Å². The van der Waals surface area contributed by atoms with Gasteiger partial charge >= 0.3 is 5.97 Å². The molecule has 1 unspecified atom stereocenters. The lowest BCUT2D eigenvalue weighted by molar-refractivity contribution is -0.151. The van der Waals surface area contributed by atoms with Gasteiger partial charge in [-0.15, -0.1) is 0 Å². The minimum atomic E-state index is -0.545. The third kappa shape index (κ3) is 7.27. The minimum absolute atomic E-state index is 0.126. The van der Waals surface area contributed by atoms with Crippen molar-refractivity contribution in [3.8, 4) is 0 Å². The third-order valence-electron chi connectivity index (χ3n) is 2.65. The molecule has 0 radical (unpaired) electrons. The summed E-state index contributed by atoms with van der Waals surface area (Å²) in [6, 6.07) is 0.280. The van der Waals surface area contributed by atoms with Crippen molar-refractivity contribution in [2.24, 2.45) is 0 Å². The van der Waals surface area contributed by atoms with Crippen LogP contribution in [-0.2, 0) is 9.53 Å². The summed E-state index contributed by atoms with van der Waals surface area (Å²) in [5.74, 6) is 2.19. The van der Waals surface area contributed by atoms with Crippen molar-refractivity contribution in [3.63, 3.8) is 0 Å². The standard InChI is InChI=1S/C14H29NO2S/c1-6-10-18-11-8-9-14(5,15-12(3)4)13(16)17-7-2/h12,15H,6-11H2,1-5H3. The van der Waals surface area contributed by atoms with E-state index in [2.05, 4.69) is 26.1 Å². The molecule has 1 atom stereocenters. The van der Waals surface area contributed by atoms with E-state index in [0.717, 1.165) is 18.6 Å². The Balaban J connectivity index is 4.25. The summed E-state index contributed by atoms with van der Waals surface area (Å²) in [5.41, 5.74) is -0.545. The van der Waals surface area contributed by atoms with Gasteiger partial charge in [0, 0.05) is 6.04 Å². The molecule has 108 valence electrons. The Hall–Kier alpha value is -0.220. The van der Waals surface area contributed by atoms with Gasteiger partial charge in [0.05, 0.1) is 6.61 Å². The molecule has 0 bridgehead atoms. The van der Waals surface area contributed by atoms with Crippen LogP contribution in [0.5, 0.6) is 0 Å². The second-order valence-corrected chi connectivity index (χ2v) is 6.29. The van der Waals surface area contributed by atoms with Crippen LogP contribution in [0.1, 0.15) is 53.9 Å². The monoisotopic (exact) mass is 275 g/mol. The predicted molar refractivity (Wildman–Crippen MR) is 80.2 cm³/mol. The summed E-state index contributed by atoms with van der Waals surface area (Å²) in [6.07, 6.45) is 3.09. The highest BCUT2D eigenvalue weighted by atomic mass is 32.2. The fraction of sp³-hybridized carbons (Fsp3) is 0.929. The SMILES string of the molecule is CCCSCCCC(C)(NC(C)C)C(=O)OCC. The zero-order valence-corrected chi connectivity index (χ0v) is 13.4. The third-order valence-corrected chi connectivity index (χ3v) is 3.92. The van der Waals surface area contributed by atoms with E-state index in [4.69, 9.17) is 4.74 Å². The number of esters is 1. The van der Waals surface area contributed by atoms with Gasteiger partial charge in [-0.1, -0.05) is 6.92 Å². The van der Waals surface area contributed by atoms with Crippen LogP contribution in [-0.4, -0.2) is 35.7 Å². The van der Waals surface area contributed by atoms with Crippen molar-refractivity contribution >= 4 is 17.7 Å². The Morgan fingerprint density at radius 1 is 1.33 bits per heavy atom. The molecule has 18 heavy (non-hydrogen) atoms. The van der Waals surface area contributed by atoms with Gasteiger partial charge in [-0.2, -0.15) is 11.8 Å². The summed E-state index contributed by atoms with van der Waals surface area (Å²) in [7, 11) is 0. The Bertz CT molecular complexity index is 234. The molecule has 0 aromatic rings. The molecule has 0 saturated heterocycles. The van der Waals surface area contributed by atoms with E-state index in [0.29, 0.717) is 6.61 Å². The zero-order chi connectivity index (χ0) is 14.0. The number of ether oxygens (including phenoxy) is 1.